The van der Waals surface area contributed by atoms with Crippen LogP contribution in [0.15, 0.2) is 136 Å². The Hall–Kier alpha value is -4.40. The average molecular weight is 739 g/mol. The van der Waals surface area contributed by atoms with Gasteiger partial charge >= 0.3 is 0 Å². The molecule has 0 radical (unpaired) electrons. The van der Waals surface area contributed by atoms with Crippen LogP contribution in [0.1, 0.15) is 67.2 Å². The topological polar surface area (TPSA) is 60.4 Å². The van der Waals surface area contributed by atoms with Gasteiger partial charge in [-0.1, -0.05) is 130 Å². The standard InChI is InChI=1S/C45H38O4S3/c1-27(46)29-22-25-33-35-15-11-19-40(43(35)45(4,5)38(33)26-29)50-30-23-20-28(21-24-30)31-13-10-18-39(51-49-52(6,47)48)41(31)36-16-9-14-34-32-12-7-8-17-37(32)44(2,3)42(34)36/h7-26H,1-6H3. The van der Waals surface area contributed by atoms with Gasteiger partial charge in [0.15, 0.2) is 5.78 Å². The zero-order valence-electron chi connectivity index (χ0n) is 29.9. The third-order valence-corrected chi connectivity index (χ3v) is 13.4. The molecule has 8 rings (SSSR count). The van der Waals surface area contributed by atoms with Gasteiger partial charge in [-0.25, -0.2) is 0 Å². The molecule has 0 fully saturated rings. The maximum absolute atomic E-state index is 12.2. The van der Waals surface area contributed by atoms with Gasteiger partial charge in [0, 0.05) is 36.6 Å². The minimum absolute atomic E-state index is 0.0740. The van der Waals surface area contributed by atoms with Crippen LogP contribution in [0, 0.1) is 0 Å². The van der Waals surface area contributed by atoms with Crippen LogP contribution in [0.3, 0.4) is 0 Å². The lowest BCUT2D eigenvalue weighted by Crippen LogP contribution is -2.16. The van der Waals surface area contributed by atoms with Crippen LogP contribution >= 0.6 is 23.8 Å². The van der Waals surface area contributed by atoms with E-state index in [0.29, 0.717) is 0 Å². The van der Waals surface area contributed by atoms with Crippen LogP contribution in [0.4, 0.5) is 0 Å². The average Bonchev–Trinajstić information content (AvgIpc) is 3.50. The molecule has 0 unspecified atom stereocenters. The molecule has 6 aromatic carbocycles. The second kappa shape index (κ2) is 12.6. The van der Waals surface area contributed by atoms with Gasteiger partial charge in [-0.3, -0.25) is 4.79 Å². The van der Waals surface area contributed by atoms with E-state index in [9.17, 15) is 13.2 Å². The molecule has 0 saturated heterocycles. The zero-order valence-corrected chi connectivity index (χ0v) is 32.4. The Bertz CT molecular complexity index is 2550. The van der Waals surface area contributed by atoms with Crippen molar-refractivity contribution in [3.8, 4) is 44.5 Å². The maximum atomic E-state index is 12.2. The Labute approximate surface area is 315 Å². The fraction of sp³-hybridized carbons (Fsp3) is 0.178. The van der Waals surface area contributed by atoms with Crippen molar-refractivity contribution in [2.45, 2.75) is 60.1 Å². The summed E-state index contributed by atoms with van der Waals surface area (Å²) in [4.78, 5) is 15.3. The highest BCUT2D eigenvalue weighted by Gasteiger charge is 2.39. The quantitative estimate of drug-likeness (QED) is 0.114. The van der Waals surface area contributed by atoms with Crippen molar-refractivity contribution in [1.82, 2.24) is 0 Å². The van der Waals surface area contributed by atoms with Crippen molar-refractivity contribution in [2.75, 3.05) is 6.26 Å². The molecule has 2 aliphatic rings. The second-order valence-corrected chi connectivity index (χ2v) is 18.4. The molecule has 6 aromatic rings. The Morgan fingerprint density at radius 1 is 0.596 bits per heavy atom. The van der Waals surface area contributed by atoms with Crippen molar-refractivity contribution in [2.24, 2.45) is 0 Å². The van der Waals surface area contributed by atoms with Crippen molar-refractivity contribution >= 4 is 39.7 Å². The molecule has 7 heteroatoms. The highest BCUT2D eigenvalue weighted by atomic mass is 32.3. The zero-order chi connectivity index (χ0) is 36.6. The predicted molar refractivity (Wildman–Crippen MR) is 215 cm³/mol. The van der Waals surface area contributed by atoms with Crippen LogP contribution in [0.2, 0.25) is 0 Å². The first-order valence-corrected chi connectivity index (χ1v) is 20.6. The van der Waals surface area contributed by atoms with Crippen LogP contribution in [0.5, 0.6) is 0 Å². The monoisotopic (exact) mass is 738 g/mol. The Morgan fingerprint density at radius 3 is 1.88 bits per heavy atom. The second-order valence-electron chi connectivity index (χ2n) is 14.7. The van der Waals surface area contributed by atoms with E-state index in [1.807, 2.05) is 18.2 Å². The number of ketones is 1. The van der Waals surface area contributed by atoms with Gasteiger partial charge in [-0.2, -0.15) is 12.0 Å². The van der Waals surface area contributed by atoms with Crippen molar-refractivity contribution < 1.29 is 16.8 Å². The van der Waals surface area contributed by atoms with E-state index in [0.717, 1.165) is 55.9 Å². The van der Waals surface area contributed by atoms with Crippen LogP contribution in [-0.4, -0.2) is 20.5 Å². The van der Waals surface area contributed by atoms with E-state index in [4.69, 9.17) is 3.63 Å². The lowest BCUT2D eigenvalue weighted by molar-refractivity contribution is 0.101. The summed E-state index contributed by atoms with van der Waals surface area (Å²) in [6.07, 6.45) is 1.07. The number of Topliss-reactive ketones (excluding diaryl/α,β-unsaturated/α-hetero) is 1. The Kier molecular flexibility index (Phi) is 8.42. The fourth-order valence-electron chi connectivity index (χ4n) is 8.24. The van der Waals surface area contributed by atoms with Crippen molar-refractivity contribution in [1.29, 1.82) is 0 Å². The number of fused-ring (bicyclic) bond motifs is 6. The molecule has 0 saturated carbocycles. The maximum Gasteiger partial charge on any atom is 0.275 e. The number of benzene rings is 6. The minimum atomic E-state index is -3.70. The molecule has 0 spiro atoms. The summed E-state index contributed by atoms with van der Waals surface area (Å²) in [7, 11) is -3.70. The third kappa shape index (κ3) is 5.75. The number of rotatable bonds is 8. The first-order chi connectivity index (χ1) is 24.8. The lowest BCUT2D eigenvalue weighted by atomic mass is 9.78. The lowest BCUT2D eigenvalue weighted by Gasteiger charge is -2.26. The van der Waals surface area contributed by atoms with E-state index in [2.05, 4.69) is 131 Å². The molecule has 2 aliphatic carbocycles. The van der Waals surface area contributed by atoms with Gasteiger partial charge in [0.25, 0.3) is 10.1 Å². The van der Waals surface area contributed by atoms with Crippen LogP contribution < -0.4 is 0 Å². The van der Waals surface area contributed by atoms with Gasteiger partial charge in [-0.05, 0) is 98.5 Å². The fourth-order valence-corrected chi connectivity index (χ4v) is 10.6. The van der Waals surface area contributed by atoms with Gasteiger partial charge in [0.2, 0.25) is 0 Å². The summed E-state index contributed by atoms with van der Waals surface area (Å²) in [6.45, 7) is 10.6. The normalized spacial score (nSPS) is 14.7. The van der Waals surface area contributed by atoms with E-state index in [1.54, 1.807) is 18.7 Å². The number of hydrogen-bond acceptors (Lipinski definition) is 6. The van der Waals surface area contributed by atoms with Crippen molar-refractivity contribution in [3.63, 3.8) is 0 Å². The number of carbonyl (C=O) groups is 1. The highest BCUT2D eigenvalue weighted by molar-refractivity contribution is 8.04. The molecule has 0 atom stereocenters. The smallest absolute Gasteiger partial charge is 0.275 e. The van der Waals surface area contributed by atoms with E-state index in [-0.39, 0.29) is 16.6 Å². The van der Waals surface area contributed by atoms with Crippen LogP contribution in [0.25, 0.3) is 44.5 Å². The summed E-state index contributed by atoms with van der Waals surface area (Å²) in [5.41, 5.74) is 14.0. The molecule has 52 heavy (non-hydrogen) atoms. The van der Waals surface area contributed by atoms with Gasteiger partial charge in [-0.15, -0.1) is 0 Å². The van der Waals surface area contributed by atoms with E-state index in [1.165, 1.54) is 49.4 Å². The molecule has 4 nitrogen and oxygen atoms in total. The first kappa shape index (κ1) is 34.7. The summed E-state index contributed by atoms with van der Waals surface area (Å²) >= 11 is 2.64. The molecule has 0 heterocycles. The molecular formula is C45H38O4S3. The molecule has 0 aliphatic heterocycles. The summed E-state index contributed by atoms with van der Waals surface area (Å²) in [5.74, 6) is 0.0740. The summed E-state index contributed by atoms with van der Waals surface area (Å²) in [6, 6.07) is 42.2. The first-order valence-electron chi connectivity index (χ1n) is 17.3. The molecule has 260 valence electrons. The largest absolute Gasteiger partial charge is 0.295 e. The predicted octanol–water partition coefficient (Wildman–Crippen LogP) is 12.0. The Morgan fingerprint density at radius 2 is 1.17 bits per heavy atom. The highest BCUT2D eigenvalue weighted by Crippen LogP contribution is 2.55. The number of hydrogen-bond donors (Lipinski definition) is 0. The van der Waals surface area contributed by atoms with Gasteiger partial charge < -0.3 is 0 Å². The van der Waals surface area contributed by atoms with Crippen LogP contribution in [-0.2, 0) is 24.6 Å². The minimum Gasteiger partial charge on any atom is -0.295 e. The van der Waals surface area contributed by atoms with Gasteiger partial charge in [0.05, 0.1) is 18.3 Å². The van der Waals surface area contributed by atoms with Crippen molar-refractivity contribution in [3.05, 3.63) is 149 Å². The third-order valence-electron chi connectivity index (χ3n) is 10.6. The van der Waals surface area contributed by atoms with E-state index >= 15 is 0 Å². The summed E-state index contributed by atoms with van der Waals surface area (Å²) < 4.78 is 29.7. The summed E-state index contributed by atoms with van der Waals surface area (Å²) in [5, 5.41) is 0. The molecule has 0 bridgehead atoms. The molecule has 0 N–H and O–H groups in total. The molecular weight excluding hydrogens is 701 g/mol. The molecule has 0 amide bonds. The Balaban J connectivity index is 1.20. The van der Waals surface area contributed by atoms with Gasteiger partial charge in [0.1, 0.15) is 0 Å². The SMILES string of the molecule is CC(=O)c1ccc2c(c1)C(C)(C)c1c(Sc3ccc(-c4cccc(SOS(C)(=O)=O)c4-c4cccc5c4C(C)(C)c4ccccc4-5)cc3)cccc1-2. The molecule has 0 aromatic heterocycles. The van der Waals surface area contributed by atoms with E-state index < -0.39 is 10.1 Å². The number of carbonyl (C=O) groups excluding carboxylic acids is 1.